The van der Waals surface area contributed by atoms with E-state index in [2.05, 4.69) is 5.32 Å². The summed E-state index contributed by atoms with van der Waals surface area (Å²) < 4.78 is 39.3. The number of thioether (sulfide) groups is 1. The first-order valence-electron chi connectivity index (χ1n) is 9.53. The molecule has 1 N–H and O–H groups in total. The van der Waals surface area contributed by atoms with Crippen LogP contribution in [0.15, 0.2) is 65.6 Å². The first-order chi connectivity index (χ1) is 15.4. The predicted molar refractivity (Wildman–Crippen MR) is 125 cm³/mol. The highest BCUT2D eigenvalue weighted by atomic mass is 32.2. The quantitative estimate of drug-likeness (QED) is 0.370. The number of hydrogen-bond donors (Lipinski definition) is 1. The largest absolute Gasteiger partial charge is 0.493 e. The van der Waals surface area contributed by atoms with Crippen molar-refractivity contribution in [3.05, 3.63) is 88.3 Å². The molecule has 4 rings (SSSR count). The second kappa shape index (κ2) is 9.50. The lowest BCUT2D eigenvalue weighted by molar-refractivity contribution is -0.115. The van der Waals surface area contributed by atoms with Crippen molar-refractivity contribution < 1.29 is 23.0 Å². The molecule has 0 aliphatic carbocycles. The van der Waals surface area contributed by atoms with Gasteiger partial charge in [-0.15, -0.1) is 0 Å². The average molecular weight is 470 g/mol. The van der Waals surface area contributed by atoms with Crippen LogP contribution in [0.1, 0.15) is 11.1 Å². The Morgan fingerprint density at radius 1 is 1.03 bits per heavy atom. The van der Waals surface area contributed by atoms with Gasteiger partial charge in [0, 0.05) is 5.56 Å². The van der Waals surface area contributed by atoms with Crippen molar-refractivity contribution in [1.29, 1.82) is 0 Å². The van der Waals surface area contributed by atoms with E-state index in [4.69, 9.17) is 21.7 Å². The summed E-state index contributed by atoms with van der Waals surface area (Å²) in [5, 5.41) is 2.58. The number of carbonyl (C=O) groups is 1. The fraction of sp³-hybridized carbons (Fsp3) is 0.0833. The third-order valence-electron chi connectivity index (χ3n) is 4.71. The van der Waals surface area contributed by atoms with Crippen LogP contribution in [0.4, 0.5) is 8.78 Å². The van der Waals surface area contributed by atoms with Gasteiger partial charge in [-0.2, -0.15) is 0 Å². The van der Waals surface area contributed by atoms with Crippen molar-refractivity contribution in [3.63, 3.8) is 0 Å². The van der Waals surface area contributed by atoms with E-state index in [1.54, 1.807) is 18.2 Å². The minimum atomic E-state index is -0.957. The van der Waals surface area contributed by atoms with Crippen LogP contribution in [0.2, 0.25) is 0 Å². The van der Waals surface area contributed by atoms with Gasteiger partial charge in [0.05, 0.1) is 12.0 Å². The van der Waals surface area contributed by atoms with Crippen LogP contribution in [0.25, 0.3) is 17.2 Å². The normalized spacial score (nSPS) is 14.5. The molecule has 0 bridgehead atoms. The first-order valence-corrected chi connectivity index (χ1v) is 10.8. The van der Waals surface area contributed by atoms with Crippen molar-refractivity contribution in [2.24, 2.45) is 0 Å². The predicted octanol–water partition coefficient (Wildman–Crippen LogP) is 5.71. The van der Waals surface area contributed by atoms with Gasteiger partial charge in [-0.05, 0) is 47.0 Å². The SMILES string of the molecule is COc1cc(-c2ccc(F)c(F)c2)cc(/C=C2\SC(=S)NC2=O)c1OCc1ccccc1. The van der Waals surface area contributed by atoms with Crippen molar-refractivity contribution in [1.82, 2.24) is 5.32 Å². The fourth-order valence-corrected chi connectivity index (χ4v) is 4.21. The van der Waals surface area contributed by atoms with Crippen LogP contribution in [0.5, 0.6) is 11.5 Å². The molecule has 3 aromatic carbocycles. The van der Waals surface area contributed by atoms with Gasteiger partial charge < -0.3 is 14.8 Å². The Bertz CT molecular complexity index is 1230. The molecule has 1 heterocycles. The van der Waals surface area contributed by atoms with Crippen molar-refractivity contribution in [2.75, 3.05) is 7.11 Å². The number of halogens is 2. The standard InChI is InChI=1S/C24H17F2NO3S2/c1-29-20-11-16(15-7-8-18(25)19(26)10-15)9-17(12-21-23(28)27-24(31)32-21)22(20)30-13-14-5-3-2-4-6-14/h2-12H,13H2,1H3,(H,27,28,31)/b21-12-. The van der Waals surface area contributed by atoms with Gasteiger partial charge in [-0.1, -0.05) is 60.4 Å². The van der Waals surface area contributed by atoms with Gasteiger partial charge in [0.2, 0.25) is 0 Å². The van der Waals surface area contributed by atoms with Crippen LogP contribution in [-0.4, -0.2) is 17.3 Å². The highest BCUT2D eigenvalue weighted by Crippen LogP contribution is 2.40. The summed E-state index contributed by atoms with van der Waals surface area (Å²) in [6.45, 7) is 0.273. The van der Waals surface area contributed by atoms with Gasteiger partial charge in [-0.3, -0.25) is 4.79 Å². The van der Waals surface area contributed by atoms with E-state index in [0.717, 1.165) is 29.5 Å². The Hall–Kier alpha value is -3.23. The van der Waals surface area contributed by atoms with Crippen LogP contribution in [0.3, 0.4) is 0 Å². The Morgan fingerprint density at radius 2 is 1.81 bits per heavy atom. The number of rotatable bonds is 6. The van der Waals surface area contributed by atoms with Crippen molar-refractivity contribution in [2.45, 2.75) is 6.61 Å². The van der Waals surface area contributed by atoms with Gasteiger partial charge in [0.25, 0.3) is 5.91 Å². The zero-order valence-electron chi connectivity index (χ0n) is 16.9. The van der Waals surface area contributed by atoms with Crippen molar-refractivity contribution >= 4 is 40.3 Å². The minimum Gasteiger partial charge on any atom is -0.493 e. The highest BCUT2D eigenvalue weighted by Gasteiger charge is 2.24. The second-order valence-electron chi connectivity index (χ2n) is 6.85. The fourth-order valence-electron chi connectivity index (χ4n) is 3.17. The lowest BCUT2D eigenvalue weighted by Crippen LogP contribution is -2.17. The summed E-state index contributed by atoms with van der Waals surface area (Å²) in [5.74, 6) is -1.39. The third-order valence-corrected chi connectivity index (χ3v) is 5.87. The Morgan fingerprint density at radius 3 is 2.47 bits per heavy atom. The Balaban J connectivity index is 1.81. The molecule has 1 aliphatic heterocycles. The average Bonchev–Trinajstić information content (AvgIpc) is 3.11. The number of nitrogens with one attached hydrogen (secondary N) is 1. The molecule has 32 heavy (non-hydrogen) atoms. The molecule has 1 aliphatic rings. The van der Waals surface area contributed by atoms with Gasteiger partial charge in [0.1, 0.15) is 10.9 Å². The van der Waals surface area contributed by atoms with Gasteiger partial charge in [0.15, 0.2) is 23.1 Å². The molecule has 0 unspecified atom stereocenters. The lowest BCUT2D eigenvalue weighted by Gasteiger charge is -2.16. The smallest absolute Gasteiger partial charge is 0.263 e. The summed E-state index contributed by atoms with van der Waals surface area (Å²) in [5.41, 5.74) is 2.52. The van der Waals surface area contributed by atoms with E-state index < -0.39 is 11.6 Å². The topological polar surface area (TPSA) is 47.6 Å². The first kappa shape index (κ1) is 22.0. The molecule has 0 aromatic heterocycles. The van der Waals surface area contributed by atoms with Gasteiger partial charge in [-0.25, -0.2) is 8.78 Å². The number of methoxy groups -OCH3 is 1. The summed E-state index contributed by atoms with van der Waals surface area (Å²) >= 11 is 6.21. The highest BCUT2D eigenvalue weighted by molar-refractivity contribution is 8.26. The number of ether oxygens (including phenoxy) is 2. The van der Waals surface area contributed by atoms with Crippen LogP contribution >= 0.6 is 24.0 Å². The maximum absolute atomic E-state index is 13.8. The van der Waals surface area contributed by atoms with E-state index in [0.29, 0.717) is 37.4 Å². The minimum absolute atomic E-state index is 0.273. The van der Waals surface area contributed by atoms with Crippen LogP contribution in [0, 0.1) is 11.6 Å². The molecule has 0 spiro atoms. The van der Waals surface area contributed by atoms with Crippen molar-refractivity contribution in [3.8, 4) is 22.6 Å². The second-order valence-corrected chi connectivity index (χ2v) is 8.57. The van der Waals surface area contributed by atoms with Crippen LogP contribution in [-0.2, 0) is 11.4 Å². The van der Waals surface area contributed by atoms with E-state index in [1.165, 1.54) is 13.2 Å². The van der Waals surface area contributed by atoms with E-state index in [1.807, 2.05) is 30.3 Å². The third kappa shape index (κ3) is 4.81. The maximum Gasteiger partial charge on any atom is 0.263 e. The molecular formula is C24H17F2NO3S2. The number of benzene rings is 3. The Kier molecular flexibility index (Phi) is 6.53. The molecule has 1 amide bonds. The molecule has 1 saturated heterocycles. The lowest BCUT2D eigenvalue weighted by atomic mass is 10.0. The summed E-state index contributed by atoms with van der Waals surface area (Å²) in [7, 11) is 1.49. The monoisotopic (exact) mass is 469 g/mol. The summed E-state index contributed by atoms with van der Waals surface area (Å²) in [6, 6.07) is 16.6. The van der Waals surface area contributed by atoms with E-state index >= 15 is 0 Å². The van der Waals surface area contributed by atoms with E-state index in [-0.39, 0.29) is 12.5 Å². The number of hydrogen-bond acceptors (Lipinski definition) is 5. The number of carbonyl (C=O) groups excluding carboxylic acids is 1. The maximum atomic E-state index is 13.8. The summed E-state index contributed by atoms with van der Waals surface area (Å²) in [6.07, 6.45) is 1.64. The zero-order chi connectivity index (χ0) is 22.7. The number of thiocarbonyl (C=S) groups is 1. The van der Waals surface area contributed by atoms with E-state index in [9.17, 15) is 13.6 Å². The molecule has 0 radical (unpaired) electrons. The molecule has 162 valence electrons. The molecule has 0 saturated carbocycles. The number of amides is 1. The van der Waals surface area contributed by atoms with Gasteiger partial charge >= 0.3 is 0 Å². The zero-order valence-corrected chi connectivity index (χ0v) is 18.5. The Labute approximate surface area is 193 Å². The molecular weight excluding hydrogens is 452 g/mol. The molecule has 8 heteroatoms. The summed E-state index contributed by atoms with van der Waals surface area (Å²) in [4.78, 5) is 12.6. The molecule has 1 fully saturated rings. The molecule has 0 atom stereocenters. The molecule has 3 aromatic rings. The molecule has 4 nitrogen and oxygen atoms in total. The van der Waals surface area contributed by atoms with Crippen LogP contribution < -0.4 is 14.8 Å².